The normalized spacial score (nSPS) is 14.7. The van der Waals surface area contributed by atoms with Crippen LogP contribution in [0, 0.1) is 0 Å². The smallest absolute Gasteiger partial charge is 0.341 e. The Hall–Kier alpha value is -1.91. The fraction of sp³-hybridized carbons (Fsp3) is 0.300. The molecule has 0 saturated heterocycles. The highest BCUT2D eigenvalue weighted by Crippen LogP contribution is 2.29. The Morgan fingerprint density at radius 1 is 1.60 bits per heavy atom. The van der Waals surface area contributed by atoms with Crippen LogP contribution in [-0.4, -0.2) is 28.4 Å². The third-order valence-electron chi connectivity index (χ3n) is 2.09. The zero-order chi connectivity index (χ0) is 10.8. The molecule has 0 aliphatic heterocycles. The maximum atomic E-state index is 10.9. The molecule has 5 heteroatoms. The minimum Gasteiger partial charge on any atom is -0.489 e. The third kappa shape index (κ3) is 1.96. The Bertz CT molecular complexity index is 412. The molecule has 1 aromatic rings. The molecule has 78 valence electrons. The molecule has 1 aliphatic rings. The van der Waals surface area contributed by atoms with Crippen molar-refractivity contribution in [2.75, 3.05) is 0 Å². The van der Waals surface area contributed by atoms with Gasteiger partial charge >= 0.3 is 5.97 Å². The molecule has 15 heavy (non-hydrogen) atoms. The van der Waals surface area contributed by atoms with Crippen LogP contribution in [0.15, 0.2) is 12.3 Å². The van der Waals surface area contributed by atoms with Crippen molar-refractivity contribution < 1.29 is 19.4 Å². The monoisotopic (exact) mass is 207 g/mol. The number of pyridine rings is 1. The summed E-state index contributed by atoms with van der Waals surface area (Å²) in [6.45, 7) is 0. The summed E-state index contributed by atoms with van der Waals surface area (Å²) >= 11 is 0. The minimum absolute atomic E-state index is 0.0880. The molecular weight excluding hydrogens is 198 g/mol. The Balaban J connectivity index is 2.41. The number of carboxylic acids is 1. The second-order valence-corrected chi connectivity index (χ2v) is 3.31. The highest BCUT2D eigenvalue weighted by Gasteiger charge is 2.27. The summed E-state index contributed by atoms with van der Waals surface area (Å²) in [6.07, 6.45) is 3.73. The van der Waals surface area contributed by atoms with Gasteiger partial charge in [-0.3, -0.25) is 9.78 Å². The van der Waals surface area contributed by atoms with Gasteiger partial charge in [0.2, 0.25) is 0 Å². The largest absolute Gasteiger partial charge is 0.489 e. The van der Waals surface area contributed by atoms with Crippen LogP contribution in [0.1, 0.15) is 33.7 Å². The average Bonchev–Trinajstić information content (AvgIpc) is 3.01. The summed E-state index contributed by atoms with van der Waals surface area (Å²) in [4.78, 5) is 25.2. The van der Waals surface area contributed by atoms with E-state index in [4.69, 9.17) is 9.84 Å². The molecule has 5 nitrogen and oxygen atoms in total. The number of aromatic nitrogens is 1. The molecule has 1 aromatic heterocycles. The number of hydrogen-bond acceptors (Lipinski definition) is 4. The lowest BCUT2D eigenvalue weighted by molar-refractivity contribution is 0.0688. The molecule has 0 unspecified atom stereocenters. The molecule has 1 N–H and O–H groups in total. The summed E-state index contributed by atoms with van der Waals surface area (Å²) < 4.78 is 5.38. The number of carboxylic acid groups (broad SMARTS) is 1. The van der Waals surface area contributed by atoms with Gasteiger partial charge in [-0.15, -0.1) is 0 Å². The predicted molar refractivity (Wildman–Crippen MR) is 50.2 cm³/mol. The van der Waals surface area contributed by atoms with Gasteiger partial charge in [-0.25, -0.2) is 4.79 Å². The van der Waals surface area contributed by atoms with Crippen LogP contribution in [-0.2, 0) is 0 Å². The molecule has 0 aromatic carbocycles. The van der Waals surface area contributed by atoms with Gasteiger partial charge in [0, 0.05) is 6.20 Å². The Labute approximate surface area is 85.7 Å². The fourth-order valence-corrected chi connectivity index (χ4v) is 1.23. The molecule has 1 fully saturated rings. The first-order valence-electron chi connectivity index (χ1n) is 4.56. The first-order valence-corrected chi connectivity index (χ1v) is 4.56. The van der Waals surface area contributed by atoms with Crippen molar-refractivity contribution in [1.29, 1.82) is 0 Å². The molecule has 1 heterocycles. The van der Waals surface area contributed by atoms with Crippen molar-refractivity contribution in [3.8, 4) is 5.75 Å². The standard InChI is InChI=1S/C10H9NO4/c12-5-7-9(10(13)14)8(3-4-11-7)15-6-1-2-6/h3-6H,1-2H2,(H,13,14). The SMILES string of the molecule is O=Cc1nccc(OC2CC2)c1C(=O)O. The number of hydrogen-bond donors (Lipinski definition) is 1. The van der Waals surface area contributed by atoms with E-state index in [1.165, 1.54) is 12.3 Å². The van der Waals surface area contributed by atoms with E-state index in [2.05, 4.69) is 4.98 Å². The van der Waals surface area contributed by atoms with Crippen molar-refractivity contribution in [3.63, 3.8) is 0 Å². The van der Waals surface area contributed by atoms with E-state index >= 15 is 0 Å². The lowest BCUT2D eigenvalue weighted by Crippen LogP contribution is -2.09. The van der Waals surface area contributed by atoms with Crippen molar-refractivity contribution >= 4 is 12.3 Å². The average molecular weight is 207 g/mol. The molecule has 0 atom stereocenters. The van der Waals surface area contributed by atoms with Gasteiger partial charge in [-0.2, -0.15) is 0 Å². The zero-order valence-electron chi connectivity index (χ0n) is 7.84. The molecule has 0 amide bonds. The molecule has 0 spiro atoms. The van der Waals surface area contributed by atoms with E-state index in [0.717, 1.165) is 12.8 Å². The molecule has 0 bridgehead atoms. The van der Waals surface area contributed by atoms with Gasteiger partial charge in [-0.05, 0) is 18.9 Å². The Morgan fingerprint density at radius 3 is 2.87 bits per heavy atom. The van der Waals surface area contributed by atoms with Gasteiger partial charge in [0.25, 0.3) is 0 Å². The number of rotatable bonds is 4. The number of carbonyl (C=O) groups excluding carboxylic acids is 1. The summed E-state index contributed by atoms with van der Waals surface area (Å²) in [5.74, 6) is -0.969. The maximum absolute atomic E-state index is 10.9. The summed E-state index contributed by atoms with van der Waals surface area (Å²) in [5.41, 5.74) is -0.250. The van der Waals surface area contributed by atoms with Crippen LogP contribution in [0.5, 0.6) is 5.75 Å². The lowest BCUT2D eigenvalue weighted by atomic mass is 10.2. The van der Waals surface area contributed by atoms with Gasteiger partial charge in [0.15, 0.2) is 6.29 Å². The fourth-order valence-electron chi connectivity index (χ4n) is 1.23. The Kier molecular flexibility index (Phi) is 2.37. The summed E-state index contributed by atoms with van der Waals surface area (Å²) in [6, 6.07) is 1.47. The highest BCUT2D eigenvalue weighted by atomic mass is 16.5. The van der Waals surface area contributed by atoms with Crippen molar-refractivity contribution in [1.82, 2.24) is 4.98 Å². The van der Waals surface area contributed by atoms with E-state index in [1.54, 1.807) is 0 Å². The number of carbonyl (C=O) groups is 2. The van der Waals surface area contributed by atoms with Crippen LogP contribution in [0.2, 0.25) is 0 Å². The minimum atomic E-state index is -1.19. The molecule has 0 radical (unpaired) electrons. The zero-order valence-corrected chi connectivity index (χ0v) is 7.84. The third-order valence-corrected chi connectivity index (χ3v) is 2.09. The molecule has 1 aliphatic carbocycles. The quantitative estimate of drug-likeness (QED) is 0.749. The topological polar surface area (TPSA) is 76.5 Å². The van der Waals surface area contributed by atoms with Gasteiger partial charge in [0.1, 0.15) is 17.0 Å². The highest BCUT2D eigenvalue weighted by molar-refractivity contribution is 5.98. The number of ether oxygens (including phenoxy) is 1. The van der Waals surface area contributed by atoms with E-state index < -0.39 is 5.97 Å². The number of aromatic carboxylic acids is 1. The van der Waals surface area contributed by atoms with Crippen molar-refractivity contribution in [2.24, 2.45) is 0 Å². The van der Waals surface area contributed by atoms with Gasteiger partial charge in [-0.1, -0.05) is 0 Å². The van der Waals surface area contributed by atoms with E-state index in [1.807, 2.05) is 0 Å². The molecule has 1 saturated carbocycles. The van der Waals surface area contributed by atoms with Crippen LogP contribution >= 0.6 is 0 Å². The number of aldehydes is 1. The summed E-state index contributed by atoms with van der Waals surface area (Å²) in [7, 11) is 0. The Morgan fingerprint density at radius 2 is 2.33 bits per heavy atom. The van der Waals surface area contributed by atoms with Crippen molar-refractivity contribution in [3.05, 3.63) is 23.5 Å². The van der Waals surface area contributed by atoms with Crippen LogP contribution in [0.3, 0.4) is 0 Å². The second-order valence-electron chi connectivity index (χ2n) is 3.31. The first-order chi connectivity index (χ1) is 7.22. The van der Waals surface area contributed by atoms with Gasteiger partial charge < -0.3 is 9.84 Å². The van der Waals surface area contributed by atoms with E-state index in [9.17, 15) is 9.59 Å². The first kappa shape index (κ1) is 9.64. The summed E-state index contributed by atoms with van der Waals surface area (Å²) in [5, 5.41) is 8.93. The predicted octanol–water partition coefficient (Wildman–Crippen LogP) is 1.13. The second kappa shape index (κ2) is 3.68. The van der Waals surface area contributed by atoms with Gasteiger partial charge in [0.05, 0.1) is 6.10 Å². The van der Waals surface area contributed by atoms with Crippen LogP contribution in [0.4, 0.5) is 0 Å². The van der Waals surface area contributed by atoms with Crippen LogP contribution in [0.25, 0.3) is 0 Å². The lowest BCUT2D eigenvalue weighted by Gasteiger charge is -2.08. The van der Waals surface area contributed by atoms with Crippen LogP contribution < -0.4 is 4.74 Å². The van der Waals surface area contributed by atoms with E-state index in [-0.39, 0.29) is 23.1 Å². The van der Waals surface area contributed by atoms with E-state index in [0.29, 0.717) is 6.29 Å². The molecule has 2 rings (SSSR count). The molecular formula is C10H9NO4. The maximum Gasteiger partial charge on any atom is 0.341 e. The number of nitrogens with zero attached hydrogens (tertiary/aromatic N) is 1. The van der Waals surface area contributed by atoms with Crippen molar-refractivity contribution in [2.45, 2.75) is 18.9 Å².